The van der Waals surface area contributed by atoms with E-state index in [1.54, 1.807) is 30.5 Å². The van der Waals surface area contributed by atoms with E-state index in [2.05, 4.69) is 71.5 Å². The summed E-state index contributed by atoms with van der Waals surface area (Å²) in [5, 5.41) is 6.20. The quantitative estimate of drug-likeness (QED) is 0.167. The van der Waals surface area contributed by atoms with Crippen molar-refractivity contribution in [2.24, 2.45) is 0 Å². The van der Waals surface area contributed by atoms with E-state index >= 15 is 0 Å². The molecule has 1 aliphatic heterocycles. The van der Waals surface area contributed by atoms with Crippen LogP contribution in [-0.4, -0.2) is 53.3 Å². The summed E-state index contributed by atoms with van der Waals surface area (Å²) in [6, 6.07) is 29.2. The van der Waals surface area contributed by atoms with Crippen LogP contribution in [0.5, 0.6) is 5.75 Å². The molecule has 0 atom stereocenters. The van der Waals surface area contributed by atoms with E-state index in [0.717, 1.165) is 55.1 Å². The number of ether oxygens (including phenoxy) is 1. The van der Waals surface area contributed by atoms with Crippen molar-refractivity contribution in [3.63, 3.8) is 0 Å². The molecule has 0 radical (unpaired) electrons. The standard InChI is InChI=1S/C37H35F3N6O2/c1-25-8-9-27(24-45-18-20-46(21-19-45)31-6-4-3-5-7-31)22-33(25)43-35(47)29-10-14-30(15-11-29)42-36-41-23-26(2)34(44-36)28-12-16-32(17-13-28)48-37(38,39)40/h3-17,22-23H,18-21,24H2,1-2H3,(H,43,47)(H,41,42,44). The highest BCUT2D eigenvalue weighted by atomic mass is 19.4. The molecule has 48 heavy (non-hydrogen) atoms. The lowest BCUT2D eigenvalue weighted by molar-refractivity contribution is -0.274. The fourth-order valence-corrected chi connectivity index (χ4v) is 5.60. The van der Waals surface area contributed by atoms with Crippen molar-refractivity contribution in [3.05, 3.63) is 126 Å². The van der Waals surface area contributed by atoms with E-state index in [1.807, 2.05) is 26.0 Å². The van der Waals surface area contributed by atoms with Crippen LogP contribution in [0, 0.1) is 13.8 Å². The number of carbonyl (C=O) groups is 1. The molecule has 6 rings (SSSR count). The van der Waals surface area contributed by atoms with Gasteiger partial charge in [0.05, 0.1) is 5.69 Å². The topological polar surface area (TPSA) is 82.6 Å². The van der Waals surface area contributed by atoms with Crippen LogP contribution >= 0.6 is 0 Å². The van der Waals surface area contributed by atoms with Gasteiger partial charge < -0.3 is 20.3 Å². The summed E-state index contributed by atoms with van der Waals surface area (Å²) in [7, 11) is 0. The van der Waals surface area contributed by atoms with E-state index in [-0.39, 0.29) is 11.7 Å². The number of hydrogen-bond donors (Lipinski definition) is 2. The Morgan fingerprint density at radius 1 is 0.854 bits per heavy atom. The molecule has 246 valence electrons. The number of benzene rings is 4. The van der Waals surface area contributed by atoms with Gasteiger partial charge in [0.1, 0.15) is 5.75 Å². The highest BCUT2D eigenvalue weighted by Crippen LogP contribution is 2.28. The molecular formula is C37H35F3N6O2. The number of amides is 1. The number of para-hydroxylation sites is 1. The second-order valence-corrected chi connectivity index (χ2v) is 11.7. The maximum Gasteiger partial charge on any atom is 0.573 e. The summed E-state index contributed by atoms with van der Waals surface area (Å²) in [6.45, 7) is 8.48. The minimum Gasteiger partial charge on any atom is -0.406 e. The molecule has 2 heterocycles. The van der Waals surface area contributed by atoms with Crippen molar-refractivity contribution in [1.82, 2.24) is 14.9 Å². The fourth-order valence-electron chi connectivity index (χ4n) is 5.60. The van der Waals surface area contributed by atoms with Crippen molar-refractivity contribution in [2.75, 3.05) is 41.7 Å². The second-order valence-electron chi connectivity index (χ2n) is 11.7. The summed E-state index contributed by atoms with van der Waals surface area (Å²) in [4.78, 5) is 26.9. The van der Waals surface area contributed by atoms with Crippen molar-refractivity contribution >= 4 is 28.9 Å². The van der Waals surface area contributed by atoms with Crippen molar-refractivity contribution in [2.45, 2.75) is 26.8 Å². The number of rotatable bonds is 9. The summed E-state index contributed by atoms with van der Waals surface area (Å²) in [5.41, 5.74) is 7.25. The number of aromatic nitrogens is 2. The third-order valence-electron chi connectivity index (χ3n) is 8.19. The summed E-state index contributed by atoms with van der Waals surface area (Å²) in [6.07, 6.45) is -3.13. The van der Waals surface area contributed by atoms with Crippen LogP contribution in [-0.2, 0) is 6.54 Å². The van der Waals surface area contributed by atoms with Crippen molar-refractivity contribution < 1.29 is 22.7 Å². The maximum absolute atomic E-state index is 13.2. The molecule has 0 bridgehead atoms. The molecule has 1 aliphatic rings. The highest BCUT2D eigenvalue weighted by Gasteiger charge is 2.31. The zero-order valence-corrected chi connectivity index (χ0v) is 26.6. The molecule has 5 aromatic rings. The summed E-state index contributed by atoms with van der Waals surface area (Å²) < 4.78 is 41.6. The van der Waals surface area contributed by atoms with Crippen LogP contribution in [0.4, 0.5) is 36.2 Å². The van der Waals surface area contributed by atoms with E-state index < -0.39 is 6.36 Å². The summed E-state index contributed by atoms with van der Waals surface area (Å²) in [5.74, 6) is -0.223. The van der Waals surface area contributed by atoms with Crippen LogP contribution in [0.15, 0.2) is 103 Å². The molecule has 0 unspecified atom stereocenters. The largest absolute Gasteiger partial charge is 0.573 e. The molecule has 1 amide bonds. The minimum atomic E-state index is -4.76. The van der Waals surface area contributed by atoms with E-state index in [9.17, 15) is 18.0 Å². The average molecular weight is 653 g/mol. The molecule has 1 saturated heterocycles. The van der Waals surface area contributed by atoms with E-state index in [0.29, 0.717) is 28.5 Å². The molecule has 8 nitrogen and oxygen atoms in total. The zero-order chi connectivity index (χ0) is 33.7. The number of nitrogens with one attached hydrogen (secondary N) is 2. The predicted octanol–water partition coefficient (Wildman–Crippen LogP) is 7.98. The Kier molecular flexibility index (Phi) is 9.58. The van der Waals surface area contributed by atoms with E-state index in [1.165, 1.54) is 30.0 Å². The number of aryl methyl sites for hydroxylation is 2. The Labute approximate surface area is 277 Å². The van der Waals surface area contributed by atoms with Gasteiger partial charge in [-0.3, -0.25) is 9.69 Å². The van der Waals surface area contributed by atoms with Crippen LogP contribution in [0.1, 0.15) is 27.0 Å². The smallest absolute Gasteiger partial charge is 0.406 e. The third-order valence-corrected chi connectivity index (χ3v) is 8.19. The summed E-state index contributed by atoms with van der Waals surface area (Å²) >= 11 is 0. The first kappa shape index (κ1) is 32.5. The van der Waals surface area contributed by atoms with Gasteiger partial charge in [-0.25, -0.2) is 9.97 Å². The van der Waals surface area contributed by atoms with Crippen LogP contribution in [0.25, 0.3) is 11.3 Å². The van der Waals surface area contributed by atoms with Gasteiger partial charge >= 0.3 is 6.36 Å². The lowest BCUT2D eigenvalue weighted by Crippen LogP contribution is -2.45. The molecule has 11 heteroatoms. The lowest BCUT2D eigenvalue weighted by Gasteiger charge is -2.36. The molecule has 0 spiro atoms. The number of alkyl halides is 3. The molecular weight excluding hydrogens is 617 g/mol. The Balaban J connectivity index is 1.06. The van der Waals surface area contributed by atoms with Gasteiger partial charge in [-0.05, 0) is 97.3 Å². The molecule has 1 aromatic heterocycles. The Morgan fingerprint density at radius 2 is 1.56 bits per heavy atom. The van der Waals surface area contributed by atoms with Gasteiger partial charge in [0.25, 0.3) is 5.91 Å². The monoisotopic (exact) mass is 652 g/mol. The van der Waals surface area contributed by atoms with Gasteiger partial charge in [-0.2, -0.15) is 0 Å². The number of nitrogens with zero attached hydrogens (tertiary/aromatic N) is 4. The number of anilines is 4. The first-order chi connectivity index (χ1) is 23.1. The molecule has 1 fully saturated rings. The molecule has 2 N–H and O–H groups in total. The van der Waals surface area contributed by atoms with Crippen LogP contribution in [0.2, 0.25) is 0 Å². The van der Waals surface area contributed by atoms with Gasteiger partial charge in [-0.15, -0.1) is 13.2 Å². The maximum atomic E-state index is 13.2. The molecule has 0 saturated carbocycles. The second kappa shape index (κ2) is 14.1. The third kappa shape index (κ3) is 8.29. The van der Waals surface area contributed by atoms with Gasteiger partial charge in [-0.1, -0.05) is 30.3 Å². The zero-order valence-electron chi connectivity index (χ0n) is 26.6. The van der Waals surface area contributed by atoms with Gasteiger partial charge in [0.2, 0.25) is 5.95 Å². The SMILES string of the molecule is Cc1ccc(CN2CCN(c3ccccc3)CC2)cc1NC(=O)c1ccc(Nc2ncc(C)c(-c3ccc(OC(F)(F)F)cc3)n2)cc1. The van der Waals surface area contributed by atoms with E-state index in [4.69, 9.17) is 0 Å². The number of hydrogen-bond acceptors (Lipinski definition) is 7. The number of halogens is 3. The normalized spacial score (nSPS) is 13.6. The number of carbonyl (C=O) groups excluding carboxylic acids is 1. The molecule has 4 aromatic carbocycles. The van der Waals surface area contributed by atoms with Gasteiger partial charge in [0.15, 0.2) is 0 Å². The lowest BCUT2D eigenvalue weighted by atomic mass is 10.1. The first-order valence-corrected chi connectivity index (χ1v) is 15.6. The Morgan fingerprint density at radius 3 is 2.25 bits per heavy atom. The van der Waals surface area contributed by atoms with Crippen molar-refractivity contribution in [3.8, 4) is 17.0 Å². The highest BCUT2D eigenvalue weighted by molar-refractivity contribution is 6.04. The van der Waals surface area contributed by atoms with Crippen LogP contribution < -0.4 is 20.3 Å². The van der Waals surface area contributed by atoms with Crippen LogP contribution in [0.3, 0.4) is 0 Å². The Hall–Kier alpha value is -5.42. The van der Waals surface area contributed by atoms with Crippen molar-refractivity contribution in [1.29, 1.82) is 0 Å². The number of piperazine rings is 1. The molecule has 0 aliphatic carbocycles. The Bertz CT molecular complexity index is 1860. The van der Waals surface area contributed by atoms with Gasteiger partial charge in [0, 0.05) is 67.1 Å². The fraction of sp³-hybridized carbons (Fsp3) is 0.216. The first-order valence-electron chi connectivity index (χ1n) is 15.6. The average Bonchev–Trinajstić information content (AvgIpc) is 3.08. The predicted molar refractivity (Wildman–Crippen MR) is 182 cm³/mol. The minimum absolute atomic E-state index is 0.218.